The highest BCUT2D eigenvalue weighted by molar-refractivity contribution is 5.85. The van der Waals surface area contributed by atoms with E-state index in [1.54, 1.807) is 0 Å². The maximum atomic E-state index is 13.2. The first-order valence-corrected chi connectivity index (χ1v) is 8.79. The summed E-state index contributed by atoms with van der Waals surface area (Å²) in [6.45, 7) is 2.60. The molecule has 0 spiro atoms. The molecule has 22 heavy (non-hydrogen) atoms. The van der Waals surface area contributed by atoms with Crippen LogP contribution in [0.4, 0.5) is 0 Å². The van der Waals surface area contributed by atoms with E-state index in [1.807, 2.05) is 0 Å². The number of hydrogen-bond acceptors (Lipinski definition) is 2. The molecule has 0 N–H and O–H groups in total. The van der Waals surface area contributed by atoms with Gasteiger partial charge < -0.3 is 9.64 Å². The molecule has 3 nitrogen and oxygen atoms in total. The van der Waals surface area contributed by atoms with Crippen LogP contribution in [0.5, 0.6) is 0 Å². The van der Waals surface area contributed by atoms with Crippen LogP contribution in [-0.2, 0) is 16.0 Å². The molecule has 1 aliphatic heterocycles. The van der Waals surface area contributed by atoms with Crippen molar-refractivity contribution in [3.05, 3.63) is 35.4 Å². The Morgan fingerprint density at radius 2 is 2.05 bits per heavy atom. The summed E-state index contributed by atoms with van der Waals surface area (Å²) >= 11 is 0. The lowest BCUT2D eigenvalue weighted by Crippen LogP contribution is -2.41. The SMILES string of the molecule is O=C([C@H]1CCCc2ccccc21)N(C[C@H]1CCOC1)C1CC1. The van der Waals surface area contributed by atoms with Crippen LogP contribution in [0.25, 0.3) is 0 Å². The Kier molecular flexibility index (Phi) is 3.91. The number of fused-ring (bicyclic) bond motifs is 1. The van der Waals surface area contributed by atoms with Gasteiger partial charge in [-0.15, -0.1) is 0 Å². The van der Waals surface area contributed by atoms with Gasteiger partial charge >= 0.3 is 0 Å². The first kappa shape index (κ1) is 14.3. The molecule has 118 valence electrons. The number of aryl methyl sites for hydroxylation is 1. The Morgan fingerprint density at radius 3 is 2.82 bits per heavy atom. The zero-order chi connectivity index (χ0) is 14.9. The van der Waals surface area contributed by atoms with Crippen molar-refractivity contribution in [2.45, 2.75) is 50.5 Å². The van der Waals surface area contributed by atoms with E-state index in [0.29, 0.717) is 17.9 Å². The standard InChI is InChI=1S/C19H25NO2/c21-19(18-7-3-5-15-4-1-2-6-17(15)18)20(16-8-9-16)12-14-10-11-22-13-14/h1-2,4,6,14,16,18H,3,5,7-13H2/t14-,18+/m1/s1. The minimum Gasteiger partial charge on any atom is -0.381 e. The fourth-order valence-corrected chi connectivity index (χ4v) is 4.02. The summed E-state index contributed by atoms with van der Waals surface area (Å²) in [5.41, 5.74) is 2.67. The monoisotopic (exact) mass is 299 g/mol. The second-order valence-electron chi connectivity index (χ2n) is 7.10. The fourth-order valence-electron chi connectivity index (χ4n) is 4.02. The molecule has 2 aliphatic carbocycles. The molecule has 1 aromatic rings. The molecule has 1 saturated carbocycles. The van der Waals surface area contributed by atoms with E-state index in [1.165, 1.54) is 24.0 Å². The van der Waals surface area contributed by atoms with E-state index in [0.717, 1.165) is 45.4 Å². The predicted molar refractivity (Wildman–Crippen MR) is 85.8 cm³/mol. The maximum Gasteiger partial charge on any atom is 0.230 e. The number of rotatable bonds is 4. The lowest BCUT2D eigenvalue weighted by molar-refractivity contribution is -0.134. The maximum absolute atomic E-state index is 13.2. The second-order valence-corrected chi connectivity index (χ2v) is 7.10. The molecule has 1 amide bonds. The van der Waals surface area contributed by atoms with Crippen LogP contribution in [0.1, 0.15) is 49.1 Å². The summed E-state index contributed by atoms with van der Waals surface area (Å²) in [5, 5.41) is 0. The summed E-state index contributed by atoms with van der Waals surface area (Å²) in [7, 11) is 0. The lowest BCUT2D eigenvalue weighted by atomic mass is 9.82. The Morgan fingerprint density at radius 1 is 1.18 bits per heavy atom. The highest BCUT2D eigenvalue weighted by atomic mass is 16.5. The van der Waals surface area contributed by atoms with Crippen LogP contribution >= 0.6 is 0 Å². The molecule has 2 atom stereocenters. The van der Waals surface area contributed by atoms with Gasteiger partial charge in [0.2, 0.25) is 5.91 Å². The van der Waals surface area contributed by atoms with Gasteiger partial charge in [-0.1, -0.05) is 24.3 Å². The molecule has 0 radical (unpaired) electrons. The smallest absolute Gasteiger partial charge is 0.230 e. The topological polar surface area (TPSA) is 29.5 Å². The second kappa shape index (κ2) is 6.04. The lowest BCUT2D eigenvalue weighted by Gasteiger charge is -2.32. The number of benzene rings is 1. The van der Waals surface area contributed by atoms with Gasteiger partial charge in [0.15, 0.2) is 0 Å². The van der Waals surface area contributed by atoms with Crippen molar-refractivity contribution in [3.8, 4) is 0 Å². The van der Waals surface area contributed by atoms with Gasteiger partial charge in [-0.25, -0.2) is 0 Å². The number of ether oxygens (including phenoxy) is 1. The normalized spacial score (nSPS) is 27.5. The quantitative estimate of drug-likeness (QED) is 0.855. The molecule has 1 saturated heterocycles. The molecular weight excluding hydrogens is 274 g/mol. The average Bonchev–Trinajstić information content (AvgIpc) is 3.27. The zero-order valence-electron chi connectivity index (χ0n) is 13.2. The van der Waals surface area contributed by atoms with E-state index < -0.39 is 0 Å². The van der Waals surface area contributed by atoms with Crippen LogP contribution in [0.2, 0.25) is 0 Å². The van der Waals surface area contributed by atoms with Gasteiger partial charge in [-0.05, 0) is 49.7 Å². The van der Waals surface area contributed by atoms with Gasteiger partial charge in [0, 0.05) is 25.1 Å². The first-order chi connectivity index (χ1) is 10.8. The van der Waals surface area contributed by atoms with Gasteiger partial charge in [0.25, 0.3) is 0 Å². The van der Waals surface area contributed by atoms with E-state index in [9.17, 15) is 4.79 Å². The Hall–Kier alpha value is -1.35. The summed E-state index contributed by atoms with van der Waals surface area (Å²) < 4.78 is 5.50. The van der Waals surface area contributed by atoms with E-state index in [4.69, 9.17) is 4.74 Å². The predicted octanol–water partition coefficient (Wildman–Crippen LogP) is 3.13. The van der Waals surface area contributed by atoms with E-state index >= 15 is 0 Å². The number of carbonyl (C=O) groups is 1. The zero-order valence-corrected chi connectivity index (χ0v) is 13.2. The molecule has 3 heteroatoms. The van der Waals surface area contributed by atoms with Gasteiger partial charge in [0.05, 0.1) is 12.5 Å². The fraction of sp³-hybridized carbons (Fsp3) is 0.632. The Balaban J connectivity index is 1.54. The molecule has 1 aromatic carbocycles. The molecule has 0 aromatic heterocycles. The third-order valence-electron chi connectivity index (χ3n) is 5.42. The summed E-state index contributed by atoms with van der Waals surface area (Å²) in [6.07, 6.45) is 6.76. The van der Waals surface area contributed by atoms with Crippen LogP contribution in [-0.4, -0.2) is 36.6 Å². The third kappa shape index (κ3) is 2.79. The third-order valence-corrected chi connectivity index (χ3v) is 5.42. The largest absolute Gasteiger partial charge is 0.381 e. The number of hydrogen-bond donors (Lipinski definition) is 0. The molecular formula is C19H25NO2. The average molecular weight is 299 g/mol. The van der Waals surface area contributed by atoms with Crippen molar-refractivity contribution in [1.82, 2.24) is 4.90 Å². The molecule has 2 fully saturated rings. The Bertz CT molecular complexity index is 546. The van der Waals surface area contributed by atoms with Crippen molar-refractivity contribution in [3.63, 3.8) is 0 Å². The molecule has 0 unspecified atom stereocenters. The highest BCUT2D eigenvalue weighted by Crippen LogP contribution is 2.37. The Labute approximate surface area is 132 Å². The van der Waals surface area contributed by atoms with Crippen LogP contribution in [0.15, 0.2) is 24.3 Å². The van der Waals surface area contributed by atoms with Gasteiger partial charge in [-0.2, -0.15) is 0 Å². The van der Waals surface area contributed by atoms with Crippen molar-refractivity contribution in [2.75, 3.05) is 19.8 Å². The minimum atomic E-state index is 0.0906. The molecule has 1 heterocycles. The van der Waals surface area contributed by atoms with Crippen LogP contribution in [0.3, 0.4) is 0 Å². The van der Waals surface area contributed by atoms with Crippen molar-refractivity contribution in [1.29, 1.82) is 0 Å². The highest BCUT2D eigenvalue weighted by Gasteiger charge is 2.38. The summed E-state index contributed by atoms with van der Waals surface area (Å²) in [5.74, 6) is 1.01. The summed E-state index contributed by atoms with van der Waals surface area (Å²) in [4.78, 5) is 15.4. The molecule has 4 rings (SSSR count). The number of amides is 1. The summed E-state index contributed by atoms with van der Waals surface area (Å²) in [6, 6.07) is 9.04. The molecule has 3 aliphatic rings. The van der Waals surface area contributed by atoms with Crippen LogP contribution < -0.4 is 0 Å². The van der Waals surface area contributed by atoms with Crippen LogP contribution in [0, 0.1) is 5.92 Å². The van der Waals surface area contributed by atoms with Gasteiger partial charge in [0.1, 0.15) is 0 Å². The van der Waals surface area contributed by atoms with Crippen molar-refractivity contribution in [2.24, 2.45) is 5.92 Å². The van der Waals surface area contributed by atoms with E-state index in [2.05, 4.69) is 29.2 Å². The van der Waals surface area contributed by atoms with Crippen molar-refractivity contribution < 1.29 is 9.53 Å². The van der Waals surface area contributed by atoms with E-state index in [-0.39, 0.29) is 5.92 Å². The van der Waals surface area contributed by atoms with Crippen molar-refractivity contribution >= 4 is 5.91 Å². The first-order valence-electron chi connectivity index (χ1n) is 8.79. The number of carbonyl (C=O) groups excluding carboxylic acids is 1. The van der Waals surface area contributed by atoms with Gasteiger partial charge in [-0.3, -0.25) is 4.79 Å². The minimum absolute atomic E-state index is 0.0906. The number of nitrogens with zero attached hydrogens (tertiary/aromatic N) is 1. The molecule has 0 bridgehead atoms.